The summed E-state index contributed by atoms with van der Waals surface area (Å²) >= 11 is 0. The molecule has 1 saturated heterocycles. The number of nitrogens with zero attached hydrogens (tertiary/aromatic N) is 9. The highest BCUT2D eigenvalue weighted by Crippen LogP contribution is 2.19. The molecule has 0 bridgehead atoms. The standard InChI is InChI=1S/C20H25N11O4/c1-3-28-8-10-29(11-9-28)12-16-17(23-27-30(16)19-18(21)25-35-26-19)20(32)24-22-13(2)14-4-6-15(7-5-14)31(33)34/h4-7H,3,8-12H2,1-2H3,(H2,21,25)(H,24,32). The molecule has 184 valence electrons. The summed E-state index contributed by atoms with van der Waals surface area (Å²) in [6.07, 6.45) is 0. The molecule has 15 heteroatoms. The number of nitrogens with one attached hydrogen (secondary N) is 1. The number of likely N-dealkylation sites (N-methyl/N-ethyl adjacent to an activating group) is 1. The molecule has 1 aliphatic rings. The van der Waals surface area contributed by atoms with Crippen LogP contribution in [-0.2, 0) is 6.54 Å². The Labute approximate surface area is 199 Å². The third kappa shape index (κ3) is 5.30. The number of nitro groups is 1. The fourth-order valence-corrected chi connectivity index (χ4v) is 3.68. The number of nitrogen functional groups attached to an aromatic ring is 1. The first-order chi connectivity index (χ1) is 16.9. The maximum Gasteiger partial charge on any atom is 0.293 e. The molecule has 0 spiro atoms. The molecular formula is C20H25N11O4. The summed E-state index contributed by atoms with van der Waals surface area (Å²) in [7, 11) is 0. The van der Waals surface area contributed by atoms with Crippen molar-refractivity contribution < 1.29 is 14.3 Å². The van der Waals surface area contributed by atoms with E-state index < -0.39 is 10.8 Å². The lowest BCUT2D eigenvalue weighted by atomic mass is 10.1. The van der Waals surface area contributed by atoms with Crippen LogP contribution >= 0.6 is 0 Å². The van der Waals surface area contributed by atoms with Crippen molar-refractivity contribution in [3.05, 3.63) is 51.3 Å². The first kappa shape index (κ1) is 23.9. The summed E-state index contributed by atoms with van der Waals surface area (Å²) in [5, 5.41) is 30.4. The Morgan fingerprint density at radius 1 is 1.20 bits per heavy atom. The Balaban J connectivity index is 1.55. The number of nitro benzene ring substituents is 1. The third-order valence-corrected chi connectivity index (χ3v) is 5.78. The van der Waals surface area contributed by atoms with Crippen molar-refractivity contribution in [1.82, 2.24) is 40.5 Å². The van der Waals surface area contributed by atoms with Crippen molar-refractivity contribution in [2.75, 3.05) is 38.5 Å². The van der Waals surface area contributed by atoms with Crippen molar-refractivity contribution in [2.45, 2.75) is 20.4 Å². The fourth-order valence-electron chi connectivity index (χ4n) is 3.68. The van der Waals surface area contributed by atoms with E-state index in [9.17, 15) is 14.9 Å². The van der Waals surface area contributed by atoms with E-state index in [1.807, 2.05) is 0 Å². The summed E-state index contributed by atoms with van der Waals surface area (Å²) in [4.78, 5) is 27.9. The number of amides is 1. The Morgan fingerprint density at radius 2 is 1.89 bits per heavy atom. The minimum Gasteiger partial charge on any atom is -0.378 e. The van der Waals surface area contributed by atoms with Crippen molar-refractivity contribution in [3.63, 3.8) is 0 Å². The monoisotopic (exact) mass is 483 g/mol. The van der Waals surface area contributed by atoms with E-state index in [0.29, 0.717) is 23.5 Å². The number of hydrazone groups is 1. The molecule has 35 heavy (non-hydrogen) atoms. The van der Waals surface area contributed by atoms with Crippen LogP contribution in [0.2, 0.25) is 0 Å². The summed E-state index contributed by atoms with van der Waals surface area (Å²) in [6, 6.07) is 5.85. The molecule has 3 N–H and O–H groups in total. The van der Waals surface area contributed by atoms with Gasteiger partial charge in [0.1, 0.15) is 0 Å². The van der Waals surface area contributed by atoms with Gasteiger partial charge in [-0.1, -0.05) is 12.1 Å². The van der Waals surface area contributed by atoms with Crippen LogP contribution in [0.3, 0.4) is 0 Å². The predicted molar refractivity (Wildman–Crippen MR) is 124 cm³/mol. The summed E-state index contributed by atoms with van der Waals surface area (Å²) in [5.74, 6) is -0.412. The average molecular weight is 483 g/mol. The topological polar surface area (TPSA) is 187 Å². The van der Waals surface area contributed by atoms with Gasteiger partial charge in [-0.3, -0.25) is 19.8 Å². The molecule has 1 aromatic carbocycles. The molecule has 4 rings (SSSR count). The minimum absolute atomic E-state index is 0.0194. The van der Waals surface area contributed by atoms with Gasteiger partial charge in [-0.15, -0.1) is 5.10 Å². The Bertz CT molecular complexity index is 1230. The first-order valence-electron chi connectivity index (χ1n) is 10.9. The molecule has 1 amide bonds. The molecule has 0 aliphatic carbocycles. The number of hydrogen-bond acceptors (Lipinski definition) is 12. The maximum atomic E-state index is 13.0. The van der Waals surface area contributed by atoms with Crippen LogP contribution in [0.5, 0.6) is 0 Å². The highest BCUT2D eigenvalue weighted by atomic mass is 16.6. The molecule has 3 aromatic rings. The number of hydrogen-bond donors (Lipinski definition) is 2. The SMILES string of the molecule is CCN1CCN(Cc2c(C(=O)NN=C(C)c3ccc([N+](=O)[O-])cc3)nnn2-c2nonc2N)CC1. The first-order valence-corrected chi connectivity index (χ1v) is 10.9. The summed E-state index contributed by atoms with van der Waals surface area (Å²) in [5.41, 5.74) is 9.91. The zero-order chi connectivity index (χ0) is 24.9. The van der Waals surface area contributed by atoms with Gasteiger partial charge in [-0.05, 0) is 41.5 Å². The van der Waals surface area contributed by atoms with Crippen LogP contribution in [0.15, 0.2) is 34.0 Å². The van der Waals surface area contributed by atoms with Gasteiger partial charge in [0.25, 0.3) is 11.6 Å². The van der Waals surface area contributed by atoms with E-state index in [2.05, 4.69) is 47.9 Å². The fraction of sp³-hybridized carbons (Fsp3) is 0.400. The molecule has 2 aromatic heterocycles. The van der Waals surface area contributed by atoms with Crippen LogP contribution in [0, 0.1) is 10.1 Å². The van der Waals surface area contributed by atoms with Gasteiger partial charge in [0.15, 0.2) is 5.69 Å². The van der Waals surface area contributed by atoms with E-state index in [-0.39, 0.29) is 23.0 Å². The number of rotatable bonds is 8. The molecule has 0 saturated carbocycles. The second kappa shape index (κ2) is 10.4. The van der Waals surface area contributed by atoms with E-state index in [1.165, 1.54) is 16.8 Å². The zero-order valence-electron chi connectivity index (χ0n) is 19.3. The normalized spacial score (nSPS) is 15.3. The summed E-state index contributed by atoms with van der Waals surface area (Å²) in [6.45, 7) is 8.59. The third-order valence-electron chi connectivity index (χ3n) is 5.78. The number of carbonyl (C=O) groups excluding carboxylic acids is 1. The smallest absolute Gasteiger partial charge is 0.293 e. The Kier molecular flexibility index (Phi) is 7.07. The van der Waals surface area contributed by atoms with Gasteiger partial charge in [-0.25, -0.2) is 10.1 Å². The molecule has 15 nitrogen and oxygen atoms in total. The average Bonchev–Trinajstić information content (AvgIpc) is 3.48. The van der Waals surface area contributed by atoms with Gasteiger partial charge in [0, 0.05) is 44.9 Å². The highest BCUT2D eigenvalue weighted by molar-refractivity contribution is 6.00. The molecule has 0 atom stereocenters. The number of carbonyl (C=O) groups is 1. The van der Waals surface area contributed by atoms with Gasteiger partial charge in [-0.2, -0.15) is 9.78 Å². The van der Waals surface area contributed by atoms with E-state index in [4.69, 9.17) is 10.4 Å². The van der Waals surface area contributed by atoms with Crippen molar-refractivity contribution >= 4 is 23.1 Å². The van der Waals surface area contributed by atoms with Crippen LogP contribution in [-0.4, -0.2) is 84.4 Å². The Hall–Kier alpha value is -4.24. The minimum atomic E-state index is -0.574. The molecule has 1 aliphatic heterocycles. The number of anilines is 1. The quantitative estimate of drug-likeness (QED) is 0.257. The maximum absolute atomic E-state index is 13.0. The molecular weight excluding hydrogens is 458 g/mol. The van der Waals surface area contributed by atoms with Crippen LogP contribution in [0.25, 0.3) is 5.82 Å². The van der Waals surface area contributed by atoms with Crippen LogP contribution < -0.4 is 11.2 Å². The number of aromatic nitrogens is 5. The predicted octanol–water partition coefficient (Wildman–Crippen LogP) is 0.432. The van der Waals surface area contributed by atoms with Gasteiger partial charge in [0.2, 0.25) is 11.6 Å². The molecule has 1 fully saturated rings. The van der Waals surface area contributed by atoms with Gasteiger partial charge >= 0.3 is 0 Å². The van der Waals surface area contributed by atoms with E-state index in [1.54, 1.807) is 19.1 Å². The van der Waals surface area contributed by atoms with E-state index >= 15 is 0 Å². The van der Waals surface area contributed by atoms with Gasteiger partial charge in [0.05, 0.1) is 16.3 Å². The van der Waals surface area contributed by atoms with Crippen molar-refractivity contribution in [3.8, 4) is 5.82 Å². The molecule has 0 unspecified atom stereocenters. The number of nitrogens with two attached hydrogens (primary N) is 1. The lowest BCUT2D eigenvalue weighted by Gasteiger charge is -2.33. The Morgan fingerprint density at radius 3 is 2.49 bits per heavy atom. The number of benzene rings is 1. The van der Waals surface area contributed by atoms with Crippen LogP contribution in [0.4, 0.5) is 11.5 Å². The summed E-state index contributed by atoms with van der Waals surface area (Å²) < 4.78 is 6.04. The number of non-ortho nitro benzene ring substituents is 1. The molecule has 0 radical (unpaired) electrons. The van der Waals surface area contributed by atoms with Gasteiger partial charge < -0.3 is 10.6 Å². The molecule has 3 heterocycles. The second-order valence-corrected chi connectivity index (χ2v) is 7.92. The lowest BCUT2D eigenvalue weighted by Crippen LogP contribution is -2.46. The highest BCUT2D eigenvalue weighted by Gasteiger charge is 2.27. The lowest BCUT2D eigenvalue weighted by molar-refractivity contribution is -0.384. The van der Waals surface area contributed by atoms with Crippen molar-refractivity contribution in [2.24, 2.45) is 5.10 Å². The van der Waals surface area contributed by atoms with E-state index in [0.717, 1.165) is 32.7 Å². The number of piperazine rings is 1. The zero-order valence-corrected chi connectivity index (χ0v) is 19.3. The largest absolute Gasteiger partial charge is 0.378 e. The van der Waals surface area contributed by atoms with Crippen molar-refractivity contribution in [1.29, 1.82) is 0 Å². The second-order valence-electron chi connectivity index (χ2n) is 7.92. The van der Waals surface area contributed by atoms with Crippen LogP contribution in [0.1, 0.15) is 35.6 Å².